The number of aromatic amines is 2. The highest BCUT2D eigenvalue weighted by atomic mass is 35.5. The second-order valence-corrected chi connectivity index (χ2v) is 4.63. The van der Waals surface area contributed by atoms with Crippen LogP contribution in [0.2, 0.25) is 0 Å². The summed E-state index contributed by atoms with van der Waals surface area (Å²) in [6.07, 6.45) is 3.09. The van der Waals surface area contributed by atoms with Crippen LogP contribution in [0.15, 0.2) is 51.3 Å². The molecule has 0 aliphatic rings. The van der Waals surface area contributed by atoms with Crippen molar-refractivity contribution in [1.82, 2.24) is 15.6 Å². The molecule has 108 valence electrons. The van der Waals surface area contributed by atoms with E-state index in [1.54, 1.807) is 6.08 Å². The monoisotopic (exact) mass is 304 g/mol. The van der Waals surface area contributed by atoms with Crippen LogP contribution in [-0.4, -0.2) is 22.3 Å². The highest BCUT2D eigenvalue weighted by molar-refractivity contribution is 6.41. The Balaban J connectivity index is 1.85. The van der Waals surface area contributed by atoms with Gasteiger partial charge in [-0.05, 0) is 11.6 Å². The van der Waals surface area contributed by atoms with Crippen LogP contribution in [-0.2, 0) is 11.2 Å². The summed E-state index contributed by atoms with van der Waals surface area (Å²) in [4.78, 5) is 22.4. The van der Waals surface area contributed by atoms with Crippen molar-refractivity contribution in [2.24, 2.45) is 5.10 Å². The number of carbonyl (C=O) groups excluding carboxylic acids is 1. The minimum atomic E-state index is -0.356. The van der Waals surface area contributed by atoms with Gasteiger partial charge in [-0.15, -0.1) is 0 Å². The van der Waals surface area contributed by atoms with Gasteiger partial charge in [0.25, 0.3) is 5.56 Å². The number of halogens is 1. The summed E-state index contributed by atoms with van der Waals surface area (Å²) >= 11 is 5.97. The number of carbonyl (C=O) groups is 1. The number of H-pyrrole nitrogens is 2. The summed E-state index contributed by atoms with van der Waals surface area (Å²) in [5.74, 6) is -0.356. The molecular formula is C14H13ClN4O2. The number of hydrogen-bond acceptors (Lipinski definition) is 3. The number of benzene rings is 1. The van der Waals surface area contributed by atoms with Crippen molar-refractivity contribution in [3.05, 3.63) is 63.0 Å². The highest BCUT2D eigenvalue weighted by Crippen LogP contribution is 2.07. The third-order valence-electron chi connectivity index (χ3n) is 2.48. The molecule has 0 aliphatic heterocycles. The predicted octanol–water partition coefficient (Wildman–Crippen LogP) is 1.63. The molecule has 3 N–H and O–H groups in total. The summed E-state index contributed by atoms with van der Waals surface area (Å²) in [5.41, 5.74) is 3.46. The first kappa shape index (κ1) is 14.8. The molecule has 0 atom stereocenters. The zero-order chi connectivity index (χ0) is 15.1. The van der Waals surface area contributed by atoms with Crippen LogP contribution in [0, 0.1) is 0 Å². The maximum atomic E-state index is 11.5. The Hall–Kier alpha value is -2.60. The van der Waals surface area contributed by atoms with Gasteiger partial charge in [0.15, 0.2) is 0 Å². The fraction of sp³-hybridized carbons (Fsp3) is 0.0714. The molecule has 2 aromatic rings. The van der Waals surface area contributed by atoms with Gasteiger partial charge in [0.1, 0.15) is 0 Å². The number of nitrogens with one attached hydrogen (secondary N) is 3. The van der Waals surface area contributed by atoms with Crippen molar-refractivity contribution in [2.45, 2.75) is 6.42 Å². The van der Waals surface area contributed by atoms with Crippen molar-refractivity contribution in [3.8, 4) is 0 Å². The zero-order valence-electron chi connectivity index (χ0n) is 11.0. The maximum Gasteiger partial charge on any atom is 0.264 e. The molecule has 0 radical (unpaired) electrons. The fourth-order valence-electron chi connectivity index (χ4n) is 1.59. The van der Waals surface area contributed by atoms with Gasteiger partial charge >= 0.3 is 0 Å². The molecule has 0 saturated carbocycles. The Morgan fingerprint density at radius 2 is 2.05 bits per heavy atom. The minimum absolute atomic E-state index is 0.0239. The normalized spacial score (nSPS) is 11.8. The Morgan fingerprint density at radius 3 is 2.71 bits per heavy atom. The van der Waals surface area contributed by atoms with Gasteiger partial charge in [0.05, 0.1) is 17.7 Å². The lowest BCUT2D eigenvalue weighted by molar-refractivity contribution is -0.120. The van der Waals surface area contributed by atoms with Gasteiger partial charge in [0, 0.05) is 11.8 Å². The van der Waals surface area contributed by atoms with E-state index in [0.717, 1.165) is 5.56 Å². The van der Waals surface area contributed by atoms with Crippen molar-refractivity contribution >= 4 is 29.8 Å². The van der Waals surface area contributed by atoms with Crippen LogP contribution in [0.1, 0.15) is 11.3 Å². The van der Waals surface area contributed by atoms with E-state index in [-0.39, 0.29) is 17.9 Å². The number of amides is 1. The molecule has 1 amide bonds. The smallest absolute Gasteiger partial charge is 0.264 e. The van der Waals surface area contributed by atoms with E-state index >= 15 is 0 Å². The van der Waals surface area contributed by atoms with Crippen molar-refractivity contribution in [1.29, 1.82) is 0 Å². The molecule has 0 spiro atoms. The molecule has 2 rings (SSSR count). The molecule has 0 unspecified atom stereocenters. The van der Waals surface area contributed by atoms with Crippen LogP contribution in [0.3, 0.4) is 0 Å². The number of hydrogen-bond donors (Lipinski definition) is 3. The standard InChI is InChI=1S/C14H13ClN4O2/c15-11(6-10-4-2-1-3-5-10)9-16-18-13(20)7-12-8-14(21)19-17-12/h1-6,8-9H,7H2,(H,18,20)(H2,17,19,21)/b11-6-,16-9?. The van der Waals surface area contributed by atoms with Crippen LogP contribution in [0.4, 0.5) is 0 Å². The molecule has 0 aliphatic carbocycles. The van der Waals surface area contributed by atoms with Gasteiger partial charge in [-0.3, -0.25) is 14.7 Å². The van der Waals surface area contributed by atoms with Crippen LogP contribution >= 0.6 is 11.6 Å². The van der Waals surface area contributed by atoms with Gasteiger partial charge in [0.2, 0.25) is 5.91 Å². The average molecular weight is 305 g/mol. The van der Waals surface area contributed by atoms with E-state index in [9.17, 15) is 9.59 Å². The van der Waals surface area contributed by atoms with Gasteiger partial charge < -0.3 is 5.10 Å². The van der Waals surface area contributed by atoms with Gasteiger partial charge in [-0.2, -0.15) is 5.10 Å². The van der Waals surface area contributed by atoms with E-state index in [0.29, 0.717) is 10.7 Å². The number of rotatable bonds is 5. The van der Waals surface area contributed by atoms with E-state index in [1.165, 1.54) is 12.3 Å². The van der Waals surface area contributed by atoms with E-state index < -0.39 is 0 Å². The number of nitrogens with zero attached hydrogens (tertiary/aromatic N) is 1. The average Bonchev–Trinajstić information content (AvgIpc) is 2.85. The molecule has 0 fully saturated rings. The fourth-order valence-corrected chi connectivity index (χ4v) is 1.77. The Morgan fingerprint density at radius 1 is 1.29 bits per heavy atom. The first-order valence-electron chi connectivity index (χ1n) is 6.14. The topological polar surface area (TPSA) is 90.1 Å². The summed E-state index contributed by atoms with van der Waals surface area (Å²) < 4.78 is 0. The van der Waals surface area contributed by atoms with E-state index in [2.05, 4.69) is 20.7 Å². The third-order valence-corrected chi connectivity index (χ3v) is 2.69. The van der Waals surface area contributed by atoms with Crippen LogP contribution < -0.4 is 11.0 Å². The molecule has 1 aromatic heterocycles. The first-order valence-corrected chi connectivity index (χ1v) is 6.52. The largest absolute Gasteiger partial charge is 0.302 e. The van der Waals surface area contributed by atoms with E-state index in [1.807, 2.05) is 30.3 Å². The number of hydrazone groups is 1. The van der Waals surface area contributed by atoms with Crippen LogP contribution in [0.5, 0.6) is 0 Å². The van der Waals surface area contributed by atoms with Gasteiger partial charge in [-0.1, -0.05) is 41.9 Å². The number of allylic oxidation sites excluding steroid dienone is 1. The lowest BCUT2D eigenvalue weighted by Gasteiger charge is -1.97. The van der Waals surface area contributed by atoms with Crippen molar-refractivity contribution in [2.75, 3.05) is 0 Å². The van der Waals surface area contributed by atoms with Crippen molar-refractivity contribution < 1.29 is 4.79 Å². The van der Waals surface area contributed by atoms with Crippen LogP contribution in [0.25, 0.3) is 6.08 Å². The Labute approximate surface area is 125 Å². The molecule has 0 saturated heterocycles. The zero-order valence-corrected chi connectivity index (χ0v) is 11.7. The predicted molar refractivity (Wildman–Crippen MR) is 82.0 cm³/mol. The second-order valence-electron chi connectivity index (χ2n) is 4.19. The minimum Gasteiger partial charge on any atom is -0.302 e. The summed E-state index contributed by atoms with van der Waals surface area (Å²) in [6.45, 7) is 0. The molecule has 21 heavy (non-hydrogen) atoms. The van der Waals surface area contributed by atoms with Gasteiger partial charge in [-0.25, -0.2) is 5.43 Å². The molecule has 7 heteroatoms. The number of aromatic nitrogens is 2. The quantitative estimate of drug-likeness (QED) is 0.579. The lowest BCUT2D eigenvalue weighted by atomic mass is 10.2. The molecule has 0 bridgehead atoms. The Bertz CT molecular complexity index is 716. The first-order chi connectivity index (χ1) is 10.1. The third kappa shape index (κ3) is 5.12. The summed E-state index contributed by atoms with van der Waals surface area (Å²) in [5, 5.41) is 9.06. The molecule has 1 aromatic carbocycles. The molecular weight excluding hydrogens is 292 g/mol. The Kier molecular flexibility index (Phi) is 5.11. The summed E-state index contributed by atoms with van der Waals surface area (Å²) in [7, 11) is 0. The molecule has 1 heterocycles. The van der Waals surface area contributed by atoms with E-state index in [4.69, 9.17) is 11.6 Å². The molecule has 6 nitrogen and oxygen atoms in total. The summed E-state index contributed by atoms with van der Waals surface area (Å²) in [6, 6.07) is 10.8. The maximum absolute atomic E-state index is 11.5. The van der Waals surface area contributed by atoms with Crippen molar-refractivity contribution in [3.63, 3.8) is 0 Å². The second kappa shape index (κ2) is 7.25. The lowest BCUT2D eigenvalue weighted by Crippen LogP contribution is -2.19. The SMILES string of the molecule is O=C(Cc1cc(=O)[nH][nH]1)NN=C/C(Cl)=C/c1ccccc1. The highest BCUT2D eigenvalue weighted by Gasteiger charge is 2.03.